The maximum atomic E-state index is 13.0. The second-order valence-corrected chi connectivity index (χ2v) is 4.09. The molecule has 2 amide bonds. The minimum Gasteiger partial charge on any atom is -0.423 e. The third-order valence-corrected chi connectivity index (χ3v) is 2.53. The summed E-state index contributed by atoms with van der Waals surface area (Å²) in [6.45, 7) is 0. The van der Waals surface area contributed by atoms with Crippen molar-refractivity contribution in [1.82, 2.24) is 0 Å². The number of urea groups is 1. The van der Waals surface area contributed by atoms with E-state index < -0.39 is 19.0 Å². The van der Waals surface area contributed by atoms with Crippen LogP contribution in [0.4, 0.5) is 20.6 Å². The SMILES string of the molecule is O=C(Nc1cccc(F)c1)Nc1cccc(B(O)O)c1. The van der Waals surface area contributed by atoms with Gasteiger partial charge in [0, 0.05) is 11.4 Å². The van der Waals surface area contributed by atoms with E-state index in [1.54, 1.807) is 18.2 Å². The summed E-state index contributed by atoms with van der Waals surface area (Å²) >= 11 is 0. The average Bonchev–Trinajstić information content (AvgIpc) is 2.38. The molecule has 7 heteroatoms. The Morgan fingerprint density at radius 2 is 1.60 bits per heavy atom. The highest BCUT2D eigenvalue weighted by atomic mass is 19.1. The van der Waals surface area contributed by atoms with Crippen molar-refractivity contribution in [2.75, 3.05) is 10.6 Å². The van der Waals surface area contributed by atoms with Crippen molar-refractivity contribution in [3.05, 3.63) is 54.3 Å². The highest BCUT2D eigenvalue weighted by molar-refractivity contribution is 6.58. The molecule has 4 N–H and O–H groups in total. The molecule has 5 nitrogen and oxygen atoms in total. The van der Waals surface area contributed by atoms with Crippen LogP contribution in [-0.2, 0) is 0 Å². The van der Waals surface area contributed by atoms with E-state index in [1.165, 1.54) is 30.3 Å². The van der Waals surface area contributed by atoms with Gasteiger partial charge < -0.3 is 20.7 Å². The zero-order valence-electron chi connectivity index (χ0n) is 10.4. The number of carbonyl (C=O) groups is 1. The first kappa shape index (κ1) is 14.0. The van der Waals surface area contributed by atoms with E-state index in [1.807, 2.05) is 0 Å². The lowest BCUT2D eigenvalue weighted by atomic mass is 9.80. The number of anilines is 2. The molecule has 0 aliphatic carbocycles. The Bertz CT molecular complexity index is 622. The zero-order valence-corrected chi connectivity index (χ0v) is 10.4. The van der Waals surface area contributed by atoms with Crippen molar-refractivity contribution >= 4 is 30.0 Å². The average molecular weight is 274 g/mol. The van der Waals surface area contributed by atoms with Crippen LogP contribution in [0.15, 0.2) is 48.5 Å². The number of hydrogen-bond acceptors (Lipinski definition) is 3. The van der Waals surface area contributed by atoms with E-state index in [9.17, 15) is 9.18 Å². The maximum absolute atomic E-state index is 13.0. The molecule has 0 aromatic heterocycles. The molecule has 0 aliphatic rings. The number of amides is 2. The summed E-state index contributed by atoms with van der Waals surface area (Å²) in [4.78, 5) is 11.7. The number of rotatable bonds is 3. The van der Waals surface area contributed by atoms with E-state index in [0.29, 0.717) is 11.4 Å². The summed E-state index contributed by atoms with van der Waals surface area (Å²) in [5, 5.41) is 23.0. The van der Waals surface area contributed by atoms with E-state index in [-0.39, 0.29) is 5.46 Å². The summed E-state index contributed by atoms with van der Waals surface area (Å²) in [6.07, 6.45) is 0. The number of halogens is 1. The van der Waals surface area contributed by atoms with E-state index in [2.05, 4.69) is 10.6 Å². The van der Waals surface area contributed by atoms with Crippen molar-refractivity contribution in [3.8, 4) is 0 Å². The lowest BCUT2D eigenvalue weighted by molar-refractivity contribution is 0.262. The summed E-state index contributed by atoms with van der Waals surface area (Å²) < 4.78 is 13.0. The molecule has 102 valence electrons. The van der Waals surface area contributed by atoms with Crippen molar-refractivity contribution in [2.45, 2.75) is 0 Å². The molecule has 0 saturated carbocycles. The largest absolute Gasteiger partial charge is 0.488 e. The second-order valence-electron chi connectivity index (χ2n) is 4.09. The fraction of sp³-hybridized carbons (Fsp3) is 0. The molecule has 0 heterocycles. The van der Waals surface area contributed by atoms with Gasteiger partial charge >= 0.3 is 13.1 Å². The highest BCUT2D eigenvalue weighted by Crippen LogP contribution is 2.10. The molecule has 0 aliphatic heterocycles. The first-order valence-corrected chi connectivity index (χ1v) is 5.84. The molecule has 0 bridgehead atoms. The fourth-order valence-corrected chi connectivity index (χ4v) is 1.64. The maximum Gasteiger partial charge on any atom is 0.488 e. The molecule has 0 atom stereocenters. The summed E-state index contributed by atoms with van der Waals surface area (Å²) in [5.41, 5.74) is 0.971. The van der Waals surface area contributed by atoms with Gasteiger partial charge in [0.2, 0.25) is 0 Å². The first-order valence-electron chi connectivity index (χ1n) is 5.84. The van der Waals surface area contributed by atoms with Gasteiger partial charge in [-0.1, -0.05) is 18.2 Å². The molecule has 0 spiro atoms. The normalized spacial score (nSPS) is 9.95. The van der Waals surface area contributed by atoms with Crippen molar-refractivity contribution < 1.29 is 19.2 Å². The minimum absolute atomic E-state index is 0.258. The van der Waals surface area contributed by atoms with Crippen LogP contribution in [0.25, 0.3) is 0 Å². The molecule has 0 saturated heterocycles. The van der Waals surface area contributed by atoms with Crippen LogP contribution in [0.3, 0.4) is 0 Å². The molecular weight excluding hydrogens is 262 g/mol. The van der Waals surface area contributed by atoms with Gasteiger partial charge in [0.1, 0.15) is 5.82 Å². The van der Waals surface area contributed by atoms with Gasteiger partial charge in [-0.25, -0.2) is 9.18 Å². The third kappa shape index (κ3) is 3.81. The van der Waals surface area contributed by atoms with Crippen molar-refractivity contribution in [1.29, 1.82) is 0 Å². The molecule has 20 heavy (non-hydrogen) atoms. The first-order chi connectivity index (χ1) is 9.54. The van der Waals surface area contributed by atoms with Gasteiger partial charge in [-0.15, -0.1) is 0 Å². The fourth-order valence-electron chi connectivity index (χ4n) is 1.64. The molecular formula is C13H12BFN2O3. The predicted octanol–water partition coefficient (Wildman–Crippen LogP) is 1.15. The van der Waals surface area contributed by atoms with Gasteiger partial charge in [0.15, 0.2) is 0 Å². The number of benzene rings is 2. The molecule has 2 rings (SSSR count). The van der Waals surface area contributed by atoms with Crippen LogP contribution in [0.1, 0.15) is 0 Å². The Morgan fingerprint density at radius 1 is 1.00 bits per heavy atom. The van der Waals surface area contributed by atoms with E-state index in [4.69, 9.17) is 10.0 Å². The predicted molar refractivity (Wildman–Crippen MR) is 75.3 cm³/mol. The Labute approximate surface area is 115 Å². The second kappa shape index (κ2) is 6.18. The van der Waals surface area contributed by atoms with Crippen LogP contribution in [0.2, 0.25) is 0 Å². The van der Waals surface area contributed by atoms with Crippen LogP contribution in [0, 0.1) is 5.82 Å². The molecule has 0 unspecified atom stereocenters. The smallest absolute Gasteiger partial charge is 0.423 e. The van der Waals surface area contributed by atoms with Crippen LogP contribution >= 0.6 is 0 Å². The van der Waals surface area contributed by atoms with Gasteiger partial charge in [0.25, 0.3) is 0 Å². The Hall–Kier alpha value is -2.38. The van der Waals surface area contributed by atoms with Crippen molar-refractivity contribution in [3.63, 3.8) is 0 Å². The molecule has 2 aromatic rings. The standard InChI is InChI=1S/C13H12BFN2O3/c15-10-4-2-6-12(8-10)17-13(18)16-11-5-1-3-9(7-11)14(19)20/h1-8,19-20H,(H2,16,17,18). The number of hydrogen-bond donors (Lipinski definition) is 4. The van der Waals surface area contributed by atoms with Gasteiger partial charge in [-0.2, -0.15) is 0 Å². The molecule has 0 radical (unpaired) electrons. The monoisotopic (exact) mass is 274 g/mol. The Kier molecular flexibility index (Phi) is 4.34. The van der Waals surface area contributed by atoms with Gasteiger partial charge in [-0.3, -0.25) is 0 Å². The van der Waals surface area contributed by atoms with E-state index in [0.717, 1.165) is 0 Å². The van der Waals surface area contributed by atoms with Crippen LogP contribution in [0.5, 0.6) is 0 Å². The zero-order chi connectivity index (χ0) is 14.5. The van der Waals surface area contributed by atoms with Crippen LogP contribution in [-0.4, -0.2) is 23.2 Å². The topological polar surface area (TPSA) is 81.6 Å². The lowest BCUT2D eigenvalue weighted by Gasteiger charge is -2.09. The molecule has 2 aromatic carbocycles. The minimum atomic E-state index is -1.61. The Balaban J connectivity index is 2.03. The van der Waals surface area contributed by atoms with Crippen molar-refractivity contribution in [2.24, 2.45) is 0 Å². The van der Waals surface area contributed by atoms with Gasteiger partial charge in [-0.05, 0) is 35.8 Å². The summed E-state index contributed by atoms with van der Waals surface area (Å²) in [5.74, 6) is -0.451. The van der Waals surface area contributed by atoms with Crippen LogP contribution < -0.4 is 16.1 Å². The number of nitrogens with one attached hydrogen (secondary N) is 2. The third-order valence-electron chi connectivity index (χ3n) is 2.53. The quantitative estimate of drug-likeness (QED) is 0.634. The lowest BCUT2D eigenvalue weighted by Crippen LogP contribution is -2.30. The summed E-state index contributed by atoms with van der Waals surface area (Å²) in [7, 11) is -1.61. The Morgan fingerprint density at radius 3 is 2.20 bits per heavy atom. The van der Waals surface area contributed by atoms with E-state index >= 15 is 0 Å². The highest BCUT2D eigenvalue weighted by Gasteiger charge is 2.11. The van der Waals surface area contributed by atoms with Gasteiger partial charge in [0.05, 0.1) is 0 Å². The summed E-state index contributed by atoms with van der Waals surface area (Å²) in [6, 6.07) is 11.0. The number of carbonyl (C=O) groups excluding carboxylic acids is 1. The molecule has 0 fully saturated rings.